The average molecular weight is 584 g/mol. The molecule has 2 bridgehead atoms. The Labute approximate surface area is 246 Å². The number of rotatable bonds is 6. The van der Waals surface area contributed by atoms with Crippen LogP contribution in [-0.4, -0.2) is 81.5 Å². The third-order valence-electron chi connectivity index (χ3n) is 9.93. The first-order chi connectivity index (χ1) is 21.4. The average Bonchev–Trinajstić information content (AvgIpc) is 3.40. The van der Waals surface area contributed by atoms with E-state index < -0.39 is 29.8 Å². The van der Waals surface area contributed by atoms with Crippen molar-refractivity contribution in [2.75, 3.05) is 37.6 Å². The predicted octanol–water partition coefficient (Wildman–Crippen LogP) is 4.84. The number of halogens is 3. The molecule has 9 rings (SSSR count). The molecule has 3 aromatic rings. The maximum Gasteiger partial charge on any atom is 0.319 e. The second kappa shape index (κ2) is 9.94. The lowest BCUT2D eigenvalue weighted by molar-refractivity contribution is 0.107. The summed E-state index contributed by atoms with van der Waals surface area (Å²) in [5.41, 5.74) is -0.747. The Morgan fingerprint density at radius 1 is 1.17 bits per heavy atom. The lowest BCUT2D eigenvalue weighted by Gasteiger charge is -2.46. The predicted molar refractivity (Wildman–Crippen MR) is 152 cm³/mol. The number of nitrogens with one attached hydrogen (secondary N) is 1. The summed E-state index contributed by atoms with van der Waals surface area (Å²) in [6.45, 7) is -0.939. The molecule has 2 N–H and O–H groups in total. The number of ether oxygens (including phenoxy) is 1. The number of aromatic nitrogens is 3. The fraction of sp³-hybridized carbons (Fsp3) is 0.581. The van der Waals surface area contributed by atoms with Crippen LogP contribution in [0.3, 0.4) is 0 Å². The molecule has 4 atom stereocenters. The highest BCUT2D eigenvalue weighted by molar-refractivity contribution is 5.92. The highest BCUT2D eigenvalue weighted by Gasteiger charge is 2.49. The molecule has 2 aromatic heterocycles. The standard InChI is InChI=1S/C31H35F3N6O2/c32-18-11-31(7-2-8-39(31)14-18)16-42-30-37-28-23(29(38-30)40-15-19-5-6-20(40)12-35-19)13-36-27(26(28)34)22-9-21(41)10-24(33)25(22)17-3-1-4-17/h9-10,13,17-20,35,41H,1-8,11-12,14-16H2/t18-,19?,20?,31+/m0/s1/i8D2,18D. The van der Waals surface area contributed by atoms with E-state index in [1.807, 2.05) is 0 Å². The summed E-state index contributed by atoms with van der Waals surface area (Å²) >= 11 is 0. The molecular formula is C31H35F3N6O2. The van der Waals surface area contributed by atoms with Gasteiger partial charge in [0.05, 0.1) is 12.3 Å². The van der Waals surface area contributed by atoms with E-state index in [4.69, 9.17) is 13.8 Å². The van der Waals surface area contributed by atoms with Crippen LogP contribution in [0.5, 0.6) is 11.8 Å². The molecule has 0 radical (unpaired) electrons. The van der Waals surface area contributed by atoms with Gasteiger partial charge in [-0.2, -0.15) is 9.97 Å². The van der Waals surface area contributed by atoms with Gasteiger partial charge < -0.3 is 20.1 Å². The van der Waals surface area contributed by atoms with Gasteiger partial charge in [-0.05, 0) is 57.0 Å². The molecule has 42 heavy (non-hydrogen) atoms. The van der Waals surface area contributed by atoms with E-state index in [0.717, 1.165) is 44.7 Å². The number of hydrogen-bond acceptors (Lipinski definition) is 8. The Bertz CT molecular complexity index is 1690. The number of pyridine rings is 1. The van der Waals surface area contributed by atoms with E-state index >= 15 is 8.78 Å². The lowest BCUT2D eigenvalue weighted by Crippen LogP contribution is -2.61. The SMILES string of the molecule is [2H]C1([2H])CC[C@]2(COc3nc(N4CC5CCC4CN5)c4cnc(-c5cc(O)cc(F)c5C5CCC5)c(F)c4n3)C[C@]([2H])(F)CN12. The van der Waals surface area contributed by atoms with Gasteiger partial charge in [-0.15, -0.1) is 0 Å². The minimum Gasteiger partial charge on any atom is -0.508 e. The molecule has 1 aliphatic carbocycles. The van der Waals surface area contributed by atoms with Crippen LogP contribution < -0.4 is 15.0 Å². The molecular weight excluding hydrogens is 545 g/mol. The van der Waals surface area contributed by atoms with Crippen molar-refractivity contribution in [2.24, 2.45) is 0 Å². The minimum absolute atomic E-state index is 0.0689. The van der Waals surface area contributed by atoms with Crippen LogP contribution in [0.1, 0.15) is 67.0 Å². The number of nitrogens with zero attached hydrogens (tertiary/aromatic N) is 5. The first-order valence-corrected chi connectivity index (χ1v) is 14.9. The number of piperazine rings is 1. The second-order valence-electron chi connectivity index (χ2n) is 12.5. The number of fused-ring (bicyclic) bond motifs is 5. The van der Waals surface area contributed by atoms with E-state index in [-0.39, 0.29) is 72.5 Å². The molecule has 5 saturated heterocycles. The van der Waals surface area contributed by atoms with Crippen LogP contribution in [0.25, 0.3) is 22.2 Å². The van der Waals surface area contributed by atoms with Gasteiger partial charge >= 0.3 is 6.01 Å². The molecule has 0 amide bonds. The summed E-state index contributed by atoms with van der Waals surface area (Å²) in [6.07, 6.45) is 3.80. The van der Waals surface area contributed by atoms with Crippen LogP contribution >= 0.6 is 0 Å². The molecule has 6 fully saturated rings. The maximum atomic E-state index is 16.7. The van der Waals surface area contributed by atoms with Gasteiger partial charge in [-0.1, -0.05) is 6.42 Å². The first kappa shape index (κ1) is 23.3. The van der Waals surface area contributed by atoms with Crippen LogP contribution in [0.15, 0.2) is 18.3 Å². The van der Waals surface area contributed by atoms with Gasteiger partial charge in [-0.3, -0.25) is 9.88 Å². The molecule has 11 heteroatoms. The Hall–Kier alpha value is -3.18. The summed E-state index contributed by atoms with van der Waals surface area (Å²) in [7, 11) is 0. The number of alkyl halides is 1. The van der Waals surface area contributed by atoms with Gasteiger partial charge in [0.1, 0.15) is 41.3 Å². The number of hydrogen-bond donors (Lipinski definition) is 2. The van der Waals surface area contributed by atoms with Crippen LogP contribution in [0, 0.1) is 11.6 Å². The number of phenols is 1. The maximum absolute atomic E-state index is 16.7. The summed E-state index contributed by atoms with van der Waals surface area (Å²) in [6, 6.07) is 2.59. The molecule has 0 spiro atoms. The molecule has 1 saturated carbocycles. The van der Waals surface area contributed by atoms with Crippen molar-refractivity contribution in [3.05, 3.63) is 35.5 Å². The van der Waals surface area contributed by atoms with Crippen molar-refractivity contribution in [2.45, 2.75) is 81.1 Å². The quantitative estimate of drug-likeness (QED) is 0.427. The second-order valence-corrected chi connectivity index (χ2v) is 12.5. The van der Waals surface area contributed by atoms with Crippen molar-refractivity contribution >= 4 is 16.7 Å². The molecule has 6 aliphatic rings. The van der Waals surface area contributed by atoms with Crippen LogP contribution in [0.4, 0.5) is 19.0 Å². The zero-order valence-electron chi connectivity index (χ0n) is 26.2. The van der Waals surface area contributed by atoms with Gasteiger partial charge in [0.2, 0.25) is 0 Å². The van der Waals surface area contributed by atoms with Crippen LogP contribution in [-0.2, 0) is 0 Å². The van der Waals surface area contributed by atoms with Gasteiger partial charge in [0.25, 0.3) is 0 Å². The molecule has 7 heterocycles. The fourth-order valence-electron chi connectivity index (χ4n) is 7.49. The largest absolute Gasteiger partial charge is 0.508 e. The zero-order chi connectivity index (χ0) is 31.3. The monoisotopic (exact) mass is 583 g/mol. The van der Waals surface area contributed by atoms with Gasteiger partial charge in [0.15, 0.2) is 5.82 Å². The third-order valence-corrected chi connectivity index (χ3v) is 9.93. The molecule has 222 valence electrons. The first-order valence-electron chi connectivity index (χ1n) is 16.4. The number of benzene rings is 1. The van der Waals surface area contributed by atoms with E-state index in [1.165, 1.54) is 17.2 Å². The van der Waals surface area contributed by atoms with Gasteiger partial charge in [-0.25, -0.2) is 13.2 Å². The van der Waals surface area contributed by atoms with Gasteiger partial charge in [0, 0.05) is 64.3 Å². The summed E-state index contributed by atoms with van der Waals surface area (Å²) in [4.78, 5) is 17.2. The number of phenolic OH excluding ortho intramolecular Hbond substituents is 1. The minimum atomic E-state index is -2.33. The Morgan fingerprint density at radius 3 is 2.79 bits per heavy atom. The molecule has 8 nitrogen and oxygen atoms in total. The van der Waals surface area contributed by atoms with E-state index in [2.05, 4.69) is 20.2 Å². The summed E-state index contributed by atoms with van der Waals surface area (Å²) in [5, 5.41) is 14.2. The Kier molecular flexibility index (Phi) is 5.51. The van der Waals surface area contributed by atoms with E-state index in [9.17, 15) is 9.50 Å². The molecule has 1 aromatic carbocycles. The topological polar surface area (TPSA) is 86.6 Å². The summed E-state index contributed by atoms with van der Waals surface area (Å²) in [5.74, 6) is -1.37. The Morgan fingerprint density at radius 2 is 2.05 bits per heavy atom. The van der Waals surface area contributed by atoms with Crippen molar-refractivity contribution in [3.63, 3.8) is 0 Å². The van der Waals surface area contributed by atoms with Crippen molar-refractivity contribution in [1.29, 1.82) is 0 Å². The zero-order valence-corrected chi connectivity index (χ0v) is 23.2. The van der Waals surface area contributed by atoms with E-state index in [0.29, 0.717) is 29.7 Å². The normalized spacial score (nSPS) is 33.3. The highest BCUT2D eigenvalue weighted by Crippen LogP contribution is 2.45. The van der Waals surface area contributed by atoms with Crippen LogP contribution in [0.2, 0.25) is 0 Å². The fourth-order valence-corrected chi connectivity index (χ4v) is 7.49. The number of piperidine rings is 2. The van der Waals surface area contributed by atoms with Crippen molar-refractivity contribution in [1.82, 2.24) is 25.2 Å². The highest BCUT2D eigenvalue weighted by atomic mass is 19.1. The van der Waals surface area contributed by atoms with Crippen molar-refractivity contribution in [3.8, 4) is 23.0 Å². The lowest BCUT2D eigenvalue weighted by atomic mass is 9.77. The van der Waals surface area contributed by atoms with E-state index in [1.54, 1.807) is 0 Å². The smallest absolute Gasteiger partial charge is 0.319 e. The molecule has 2 unspecified atom stereocenters. The number of anilines is 1. The third kappa shape index (κ3) is 4.22. The summed E-state index contributed by atoms with van der Waals surface area (Å²) < 4.78 is 77.8. The van der Waals surface area contributed by atoms with Crippen molar-refractivity contribution < 1.29 is 27.1 Å². The Balaban J connectivity index is 1.23. The molecule has 5 aliphatic heterocycles. The number of aromatic hydroxyl groups is 1.